The fourth-order valence-electron chi connectivity index (χ4n) is 5.31. The molecule has 4 heterocycles. The number of aromatic nitrogens is 1. The number of thiophene rings is 2. The number of benzene rings is 3. The molecule has 0 saturated carbocycles. The number of nitrogens with zero attached hydrogens (tertiary/aromatic N) is 3. The van der Waals surface area contributed by atoms with E-state index in [4.69, 9.17) is 9.72 Å². The summed E-state index contributed by atoms with van der Waals surface area (Å²) in [6.07, 6.45) is 1.92. The summed E-state index contributed by atoms with van der Waals surface area (Å²) in [5.74, 6) is 0.656. The summed E-state index contributed by atoms with van der Waals surface area (Å²) in [6.45, 7) is 13.1. The van der Waals surface area contributed by atoms with Gasteiger partial charge in [0.25, 0.3) is 0 Å². The Hall–Kier alpha value is -3.44. The van der Waals surface area contributed by atoms with Crippen LogP contribution in [0.25, 0.3) is 31.4 Å². The summed E-state index contributed by atoms with van der Waals surface area (Å²) in [6, 6.07) is 32.2. The number of ether oxygens (including phenoxy) is 1. The Morgan fingerprint density at radius 3 is 2.47 bits per heavy atom. The third-order valence-corrected chi connectivity index (χ3v) is 9.60. The number of allylic oxidation sites excluding steroid dienone is 2. The van der Waals surface area contributed by atoms with Crippen LogP contribution in [0, 0.1) is 18.8 Å². The van der Waals surface area contributed by atoms with Crippen molar-refractivity contribution in [2.45, 2.75) is 40.0 Å². The normalized spacial score (nSPS) is 13.7. The Morgan fingerprint density at radius 1 is 0.884 bits per heavy atom. The second-order valence-electron chi connectivity index (χ2n) is 11.5. The molecule has 220 valence electrons. The average molecular weight is 780 g/mol. The molecular weight excluding hydrogens is 750 g/mol. The van der Waals surface area contributed by atoms with Gasteiger partial charge < -0.3 is 14.5 Å². The second kappa shape index (κ2) is 11.6. The Morgan fingerprint density at radius 2 is 1.67 bits per heavy atom. The number of hydrogen-bond acceptors (Lipinski definition) is 6. The number of pyridine rings is 1. The molecule has 0 atom stereocenters. The number of para-hydroxylation sites is 1. The van der Waals surface area contributed by atoms with Crippen LogP contribution in [-0.2, 0) is 26.5 Å². The van der Waals surface area contributed by atoms with E-state index in [0.717, 1.165) is 38.4 Å². The Labute approximate surface area is 275 Å². The van der Waals surface area contributed by atoms with Gasteiger partial charge in [-0.05, 0) is 70.6 Å². The summed E-state index contributed by atoms with van der Waals surface area (Å²) in [4.78, 5) is 9.18. The maximum atomic E-state index is 6.43. The number of rotatable bonds is 5. The molecule has 0 fully saturated rings. The van der Waals surface area contributed by atoms with Crippen LogP contribution in [0.5, 0.6) is 10.8 Å². The van der Waals surface area contributed by atoms with E-state index < -0.39 is 0 Å². The zero-order chi connectivity index (χ0) is 29.0. The van der Waals surface area contributed by atoms with Gasteiger partial charge in [0.15, 0.2) is 0 Å². The second-order valence-corrected chi connectivity index (χ2v) is 13.5. The molecule has 3 aromatic carbocycles. The van der Waals surface area contributed by atoms with E-state index in [-0.39, 0.29) is 26.5 Å². The Balaban J connectivity index is 0.00000329. The molecule has 43 heavy (non-hydrogen) atoms. The predicted molar refractivity (Wildman–Crippen MR) is 177 cm³/mol. The molecule has 4 nitrogen and oxygen atoms in total. The van der Waals surface area contributed by atoms with Crippen LogP contribution >= 0.6 is 22.7 Å². The topological polar surface area (TPSA) is 28.6 Å². The summed E-state index contributed by atoms with van der Waals surface area (Å²) in [7, 11) is 0. The van der Waals surface area contributed by atoms with E-state index in [1.807, 2.05) is 24.4 Å². The summed E-state index contributed by atoms with van der Waals surface area (Å²) < 4.78 is 8.78. The molecule has 0 saturated heterocycles. The first-order valence-corrected chi connectivity index (χ1v) is 15.6. The first-order chi connectivity index (χ1) is 20.3. The molecule has 0 amide bonds. The zero-order valence-electron chi connectivity index (χ0n) is 24.5. The maximum Gasteiger partial charge on any atom is 0.107 e. The van der Waals surface area contributed by atoms with Crippen molar-refractivity contribution in [3.05, 3.63) is 120 Å². The minimum absolute atomic E-state index is 0. The summed E-state index contributed by atoms with van der Waals surface area (Å²) >= 11 is 3.35. The van der Waals surface area contributed by atoms with Gasteiger partial charge in [0.05, 0.1) is 0 Å². The standard InChI is InChI=1S/C36H30N3OS2.Pt/c1-23-24(2)39(22-38(23)27-10-7-6-8-11-27)28-12-9-13-29(20-28)40-33-21-30-32(42-33)18-25-15-17-41-35(25)34(30)31-19-26(14-16-37-31)36(3,4)5;/h6-19,22H,1-5H3;/q-3;. The first kappa shape index (κ1) is 29.6. The quantitative estimate of drug-likeness (QED) is 0.163. The van der Waals surface area contributed by atoms with Crippen molar-refractivity contribution in [1.82, 2.24) is 4.98 Å². The van der Waals surface area contributed by atoms with Gasteiger partial charge in [-0.3, -0.25) is 4.98 Å². The number of anilines is 2. The van der Waals surface area contributed by atoms with Crippen molar-refractivity contribution < 1.29 is 25.8 Å². The molecule has 0 radical (unpaired) electrons. The van der Waals surface area contributed by atoms with Crippen LogP contribution in [0.4, 0.5) is 11.4 Å². The van der Waals surface area contributed by atoms with Crippen LogP contribution in [0.15, 0.2) is 95.8 Å². The van der Waals surface area contributed by atoms with Gasteiger partial charge in [-0.2, -0.15) is 34.1 Å². The fourth-order valence-corrected chi connectivity index (χ4v) is 7.17. The number of fused-ring (bicyclic) bond motifs is 2. The molecule has 0 spiro atoms. The Bertz CT molecular complexity index is 1970. The fraction of sp³-hybridized carbons (Fsp3) is 0.167. The summed E-state index contributed by atoms with van der Waals surface area (Å²) in [5, 5.41) is 5.12. The van der Waals surface area contributed by atoms with Gasteiger partial charge >= 0.3 is 0 Å². The van der Waals surface area contributed by atoms with Gasteiger partial charge in [0, 0.05) is 55.8 Å². The maximum absolute atomic E-state index is 6.43. The zero-order valence-corrected chi connectivity index (χ0v) is 28.4. The van der Waals surface area contributed by atoms with Gasteiger partial charge in [-0.25, -0.2) is 0 Å². The molecule has 0 unspecified atom stereocenters. The minimum atomic E-state index is 0. The number of hydrogen-bond donors (Lipinski definition) is 0. The SMILES string of the molecule is CC1=C(C)N(c2ccccc2)[CH-]N1c1[c-]c(Oc2[c-]c3c(-c4cc(C(C)(C)C)ccn4)c4sccc4cc3s2)ccc1.[Pt]. The third kappa shape index (κ3) is 5.53. The third-order valence-electron chi connectivity index (χ3n) is 7.74. The first-order valence-electron chi connectivity index (χ1n) is 14.0. The van der Waals surface area contributed by atoms with Gasteiger partial charge in [-0.1, -0.05) is 55.3 Å². The molecule has 0 aliphatic carbocycles. The van der Waals surface area contributed by atoms with Crippen molar-refractivity contribution in [3.8, 4) is 22.1 Å². The van der Waals surface area contributed by atoms with E-state index in [1.165, 1.54) is 21.3 Å². The molecule has 0 N–H and O–H groups in total. The molecule has 1 aliphatic heterocycles. The molecule has 1 aliphatic rings. The smallest absolute Gasteiger partial charge is 0.107 e. The van der Waals surface area contributed by atoms with Gasteiger partial charge in [-0.15, -0.1) is 36.6 Å². The molecule has 6 aromatic rings. The van der Waals surface area contributed by atoms with Crippen LogP contribution in [-0.4, -0.2) is 4.98 Å². The Kier molecular flexibility index (Phi) is 7.97. The van der Waals surface area contributed by atoms with E-state index in [2.05, 4.69) is 123 Å². The van der Waals surface area contributed by atoms with Crippen molar-refractivity contribution in [2.24, 2.45) is 0 Å². The molecule has 0 bridgehead atoms. The van der Waals surface area contributed by atoms with Crippen molar-refractivity contribution in [3.63, 3.8) is 0 Å². The van der Waals surface area contributed by atoms with Crippen LogP contribution in [0.3, 0.4) is 0 Å². The largest absolute Gasteiger partial charge is 0.497 e. The monoisotopic (exact) mass is 779 g/mol. The van der Waals surface area contributed by atoms with Crippen LogP contribution < -0.4 is 14.5 Å². The molecule has 7 rings (SSSR count). The predicted octanol–water partition coefficient (Wildman–Crippen LogP) is 10.6. The van der Waals surface area contributed by atoms with Gasteiger partial charge in [0.2, 0.25) is 0 Å². The molecule has 7 heteroatoms. The summed E-state index contributed by atoms with van der Waals surface area (Å²) in [5.41, 5.74) is 7.76. The van der Waals surface area contributed by atoms with Crippen molar-refractivity contribution >= 4 is 54.2 Å². The minimum Gasteiger partial charge on any atom is -0.497 e. The van der Waals surface area contributed by atoms with Crippen LogP contribution in [0.2, 0.25) is 0 Å². The van der Waals surface area contributed by atoms with Gasteiger partial charge in [0.1, 0.15) is 5.06 Å². The average Bonchev–Trinajstić information content (AvgIpc) is 3.69. The van der Waals surface area contributed by atoms with Crippen LogP contribution in [0.1, 0.15) is 40.2 Å². The van der Waals surface area contributed by atoms with Crippen molar-refractivity contribution in [1.29, 1.82) is 0 Å². The van der Waals surface area contributed by atoms with E-state index in [9.17, 15) is 0 Å². The van der Waals surface area contributed by atoms with Crippen molar-refractivity contribution in [2.75, 3.05) is 9.80 Å². The molecule has 3 aromatic heterocycles. The van der Waals surface area contributed by atoms with E-state index >= 15 is 0 Å². The van der Waals surface area contributed by atoms with E-state index in [1.54, 1.807) is 22.7 Å². The van der Waals surface area contributed by atoms with E-state index in [0.29, 0.717) is 10.8 Å². The molecular formula is C36H30N3OPtS2-3.